The maximum atomic E-state index is 5.61. The van der Waals surface area contributed by atoms with Crippen molar-refractivity contribution in [1.29, 1.82) is 0 Å². The fourth-order valence-electron chi connectivity index (χ4n) is 2.02. The van der Waals surface area contributed by atoms with Crippen molar-refractivity contribution >= 4 is 51.2 Å². The van der Waals surface area contributed by atoms with Gasteiger partial charge in [-0.25, -0.2) is 4.68 Å². The summed E-state index contributed by atoms with van der Waals surface area (Å²) in [4.78, 5) is 0. The van der Waals surface area contributed by atoms with E-state index < -0.39 is 0 Å². The number of para-hydroxylation sites is 1. The van der Waals surface area contributed by atoms with Crippen LogP contribution in [0.15, 0.2) is 60.3 Å². The highest BCUT2D eigenvalue weighted by atomic mass is 79.9. The smallest absolute Gasteiger partial charge is 0.283 e. The summed E-state index contributed by atoms with van der Waals surface area (Å²) in [7, 11) is 0. The van der Waals surface area contributed by atoms with Crippen molar-refractivity contribution in [2.45, 2.75) is 10.1 Å². The van der Waals surface area contributed by atoms with Gasteiger partial charge in [0.05, 0.1) is 11.4 Å². The molecule has 0 saturated carbocycles. The lowest BCUT2D eigenvalue weighted by molar-refractivity contribution is 0.486. The molecule has 0 radical (unpaired) electrons. The third-order valence-corrected chi connectivity index (χ3v) is 5.88. The van der Waals surface area contributed by atoms with Gasteiger partial charge >= 0.3 is 0 Å². The molecule has 0 saturated heterocycles. The molecule has 3 heterocycles. The molecule has 0 aliphatic heterocycles. The van der Waals surface area contributed by atoms with Crippen molar-refractivity contribution in [3.05, 3.63) is 57.0 Å². The number of rotatable bonds is 5. The molecule has 6 nitrogen and oxygen atoms in total. The number of hydrogen-bond acceptors (Lipinski definition) is 8. The van der Waals surface area contributed by atoms with Crippen molar-refractivity contribution in [1.82, 2.24) is 20.0 Å². The first kappa shape index (κ1) is 16.7. The molecule has 0 atom stereocenters. The van der Waals surface area contributed by atoms with Gasteiger partial charge in [0.1, 0.15) is 0 Å². The van der Waals surface area contributed by atoms with Gasteiger partial charge in [-0.3, -0.25) is 0 Å². The average Bonchev–Trinajstić information content (AvgIpc) is 3.33. The average molecular weight is 453 g/mol. The van der Waals surface area contributed by atoms with Gasteiger partial charge in [-0.2, -0.15) is 0 Å². The molecule has 0 spiro atoms. The zero-order valence-electron chi connectivity index (χ0n) is 12.5. The summed E-state index contributed by atoms with van der Waals surface area (Å²) in [5.41, 5.74) is 0.944. The number of aromatic nitrogens is 4. The van der Waals surface area contributed by atoms with Crippen LogP contribution in [0, 0.1) is 3.95 Å². The maximum absolute atomic E-state index is 5.61. The molecule has 25 heavy (non-hydrogen) atoms. The predicted molar refractivity (Wildman–Crippen MR) is 102 cm³/mol. The minimum atomic E-state index is 0.351. The molecule has 0 bridgehead atoms. The van der Waals surface area contributed by atoms with Crippen LogP contribution < -0.4 is 0 Å². The van der Waals surface area contributed by atoms with E-state index >= 15 is 0 Å². The molecule has 0 unspecified atom stereocenters. The van der Waals surface area contributed by atoms with E-state index in [0.29, 0.717) is 31.9 Å². The van der Waals surface area contributed by atoms with Crippen LogP contribution in [0.4, 0.5) is 0 Å². The van der Waals surface area contributed by atoms with Crippen molar-refractivity contribution in [3.8, 4) is 17.3 Å². The molecule has 10 heteroatoms. The fourth-order valence-corrected chi connectivity index (χ4v) is 4.52. The van der Waals surface area contributed by atoms with E-state index in [2.05, 4.69) is 31.2 Å². The van der Waals surface area contributed by atoms with E-state index in [0.717, 1.165) is 10.0 Å². The van der Waals surface area contributed by atoms with Crippen LogP contribution in [0.5, 0.6) is 0 Å². The lowest BCUT2D eigenvalue weighted by atomic mass is 10.3. The standard InChI is InChI=1S/C15H9BrN4O2S3/c16-11-7-6-10(21-11)13-18-17-12(22-13)8-24-14-19-20(15(23)25-14)9-4-2-1-3-5-9/h1-7H,8H2. The molecule has 0 aliphatic rings. The monoisotopic (exact) mass is 452 g/mol. The summed E-state index contributed by atoms with van der Waals surface area (Å²) in [5, 5.41) is 12.6. The summed E-state index contributed by atoms with van der Waals surface area (Å²) < 4.78 is 14.9. The van der Waals surface area contributed by atoms with Gasteiger partial charge in [0, 0.05) is 0 Å². The Morgan fingerprint density at radius 3 is 2.72 bits per heavy atom. The second-order valence-electron chi connectivity index (χ2n) is 4.77. The summed E-state index contributed by atoms with van der Waals surface area (Å²) in [6.07, 6.45) is 0. The quantitative estimate of drug-likeness (QED) is 0.298. The van der Waals surface area contributed by atoms with Gasteiger partial charge < -0.3 is 8.83 Å². The Morgan fingerprint density at radius 1 is 1.12 bits per heavy atom. The first-order valence-corrected chi connectivity index (χ1v) is 10.1. The minimum absolute atomic E-state index is 0.351. The van der Waals surface area contributed by atoms with E-state index in [4.69, 9.17) is 21.1 Å². The highest BCUT2D eigenvalue weighted by molar-refractivity contribution is 9.10. The molecule has 0 aliphatic carbocycles. The van der Waals surface area contributed by atoms with Gasteiger partial charge in [0.2, 0.25) is 5.89 Å². The molecule has 0 fully saturated rings. The van der Waals surface area contributed by atoms with Crippen LogP contribution in [0.2, 0.25) is 0 Å². The first-order valence-electron chi connectivity index (χ1n) is 7.05. The van der Waals surface area contributed by atoms with Crippen LogP contribution in [-0.4, -0.2) is 20.0 Å². The van der Waals surface area contributed by atoms with Crippen LogP contribution in [0.25, 0.3) is 17.3 Å². The van der Waals surface area contributed by atoms with Crippen LogP contribution in [0.3, 0.4) is 0 Å². The Morgan fingerprint density at radius 2 is 1.96 bits per heavy atom. The molecule has 4 aromatic rings. The van der Waals surface area contributed by atoms with Gasteiger partial charge in [0.15, 0.2) is 18.7 Å². The Labute approximate surface area is 164 Å². The van der Waals surface area contributed by atoms with Crippen LogP contribution >= 0.6 is 51.2 Å². The molecular weight excluding hydrogens is 444 g/mol. The number of furan rings is 1. The Hall–Kier alpha value is -1.75. The van der Waals surface area contributed by atoms with E-state index in [1.165, 1.54) is 23.1 Å². The summed E-state index contributed by atoms with van der Waals surface area (Å²) in [6, 6.07) is 13.3. The molecular formula is C15H9BrN4O2S3. The van der Waals surface area contributed by atoms with E-state index in [1.54, 1.807) is 16.8 Å². The number of thioether (sulfide) groups is 1. The van der Waals surface area contributed by atoms with Gasteiger partial charge in [-0.1, -0.05) is 41.3 Å². The molecule has 1 aromatic carbocycles. The topological polar surface area (TPSA) is 69.9 Å². The third-order valence-electron chi connectivity index (χ3n) is 3.10. The molecule has 0 N–H and O–H groups in total. The van der Waals surface area contributed by atoms with Crippen LogP contribution in [0.1, 0.15) is 5.89 Å². The zero-order chi connectivity index (χ0) is 17.2. The zero-order valence-corrected chi connectivity index (χ0v) is 16.5. The lowest BCUT2D eigenvalue weighted by Gasteiger charge is -1.98. The van der Waals surface area contributed by atoms with Crippen molar-refractivity contribution in [2.75, 3.05) is 0 Å². The highest BCUT2D eigenvalue weighted by Crippen LogP contribution is 2.29. The van der Waals surface area contributed by atoms with Gasteiger partial charge in [-0.15, -0.1) is 15.3 Å². The molecule has 3 aromatic heterocycles. The third kappa shape index (κ3) is 3.76. The number of hydrogen-bond donors (Lipinski definition) is 0. The van der Waals surface area contributed by atoms with Gasteiger partial charge in [-0.05, 0) is 52.4 Å². The van der Waals surface area contributed by atoms with Gasteiger partial charge in [0.25, 0.3) is 5.89 Å². The Balaban J connectivity index is 1.47. The van der Waals surface area contributed by atoms with Crippen molar-refractivity contribution < 1.29 is 8.83 Å². The predicted octanol–water partition coefficient (Wildman–Crippen LogP) is 5.36. The Bertz CT molecular complexity index is 1050. The SMILES string of the molecule is S=c1sc(SCc2nnc(-c3ccc(Br)o3)o2)nn1-c1ccccc1. The summed E-state index contributed by atoms with van der Waals surface area (Å²) in [5.74, 6) is 1.88. The second-order valence-corrected chi connectivity index (χ2v) is 8.40. The summed E-state index contributed by atoms with van der Waals surface area (Å²) in [6.45, 7) is 0. The largest absolute Gasteiger partial charge is 0.444 e. The molecule has 0 amide bonds. The number of halogens is 1. The first-order chi connectivity index (χ1) is 12.2. The van der Waals surface area contributed by atoms with Crippen molar-refractivity contribution in [2.24, 2.45) is 0 Å². The van der Waals surface area contributed by atoms with E-state index in [-0.39, 0.29) is 0 Å². The minimum Gasteiger partial charge on any atom is -0.444 e. The second kappa shape index (κ2) is 7.24. The van der Waals surface area contributed by atoms with E-state index in [9.17, 15) is 0 Å². The fraction of sp³-hybridized carbons (Fsp3) is 0.0667. The van der Waals surface area contributed by atoms with Crippen LogP contribution in [-0.2, 0) is 5.75 Å². The summed E-state index contributed by atoms with van der Waals surface area (Å²) >= 11 is 11.6. The Kier molecular flexibility index (Phi) is 4.84. The lowest BCUT2D eigenvalue weighted by Crippen LogP contribution is -1.95. The van der Waals surface area contributed by atoms with E-state index in [1.807, 2.05) is 30.3 Å². The van der Waals surface area contributed by atoms with Crippen molar-refractivity contribution in [3.63, 3.8) is 0 Å². The maximum Gasteiger partial charge on any atom is 0.283 e. The molecule has 126 valence electrons. The number of nitrogens with zero attached hydrogens (tertiary/aromatic N) is 4. The number of benzene rings is 1. The molecule has 4 rings (SSSR count). The highest BCUT2D eigenvalue weighted by Gasteiger charge is 2.14. The normalized spacial score (nSPS) is 11.1.